The van der Waals surface area contributed by atoms with Crippen LogP contribution in [0.5, 0.6) is 5.75 Å². The zero-order valence-electron chi connectivity index (χ0n) is 14.6. The smallest absolute Gasteiger partial charge is 0.125 e. The molecule has 1 N–H and O–H groups in total. The Bertz CT molecular complexity index is 981. The van der Waals surface area contributed by atoms with Gasteiger partial charge in [0, 0.05) is 17.8 Å². The number of benzene rings is 4. The van der Waals surface area contributed by atoms with E-state index in [1.54, 1.807) is 0 Å². The summed E-state index contributed by atoms with van der Waals surface area (Å²) in [6.07, 6.45) is 0. The highest BCUT2D eigenvalue weighted by atomic mass is 16.5. The zero-order valence-corrected chi connectivity index (χ0v) is 14.6. The van der Waals surface area contributed by atoms with Crippen molar-refractivity contribution in [2.45, 2.75) is 13.2 Å². The molecule has 0 aromatic heterocycles. The van der Waals surface area contributed by atoms with E-state index in [1.165, 1.54) is 21.9 Å². The summed E-state index contributed by atoms with van der Waals surface area (Å²) in [4.78, 5) is 0. The van der Waals surface area contributed by atoms with Gasteiger partial charge >= 0.3 is 0 Å². The molecule has 0 amide bonds. The maximum absolute atomic E-state index is 6.18. The number of nitrogens with one attached hydrogen (secondary N) is 1. The summed E-state index contributed by atoms with van der Waals surface area (Å²) >= 11 is 0. The van der Waals surface area contributed by atoms with Gasteiger partial charge in [-0.1, -0.05) is 78.9 Å². The Morgan fingerprint density at radius 2 is 1.35 bits per heavy atom. The van der Waals surface area contributed by atoms with Crippen LogP contribution in [0.15, 0.2) is 97.1 Å². The van der Waals surface area contributed by atoms with Crippen molar-refractivity contribution in [3.63, 3.8) is 0 Å². The van der Waals surface area contributed by atoms with E-state index in [0.29, 0.717) is 6.61 Å². The Labute approximate surface area is 154 Å². The van der Waals surface area contributed by atoms with Gasteiger partial charge in [0.15, 0.2) is 0 Å². The third-order valence-electron chi connectivity index (χ3n) is 4.48. The van der Waals surface area contributed by atoms with Crippen LogP contribution in [0.25, 0.3) is 10.8 Å². The van der Waals surface area contributed by atoms with Crippen molar-refractivity contribution in [1.82, 2.24) is 0 Å². The molecule has 26 heavy (non-hydrogen) atoms. The Balaban J connectivity index is 1.63. The predicted molar refractivity (Wildman–Crippen MR) is 108 cm³/mol. The van der Waals surface area contributed by atoms with Gasteiger partial charge in [-0.3, -0.25) is 0 Å². The number of hydrogen-bond donors (Lipinski definition) is 1. The van der Waals surface area contributed by atoms with Gasteiger partial charge in [0.1, 0.15) is 12.4 Å². The summed E-state index contributed by atoms with van der Waals surface area (Å²) in [5.41, 5.74) is 3.46. The van der Waals surface area contributed by atoms with E-state index in [-0.39, 0.29) is 0 Å². The molecule has 0 unspecified atom stereocenters. The minimum atomic E-state index is 0.567. The van der Waals surface area contributed by atoms with Gasteiger partial charge in [-0.25, -0.2) is 0 Å². The summed E-state index contributed by atoms with van der Waals surface area (Å²) in [5.74, 6) is 0.927. The number of para-hydroxylation sites is 1. The van der Waals surface area contributed by atoms with Gasteiger partial charge in [0.05, 0.1) is 0 Å². The summed E-state index contributed by atoms with van der Waals surface area (Å²) in [7, 11) is 0. The Morgan fingerprint density at radius 1 is 0.654 bits per heavy atom. The van der Waals surface area contributed by atoms with Gasteiger partial charge in [0.2, 0.25) is 0 Å². The first-order valence-corrected chi connectivity index (χ1v) is 8.86. The van der Waals surface area contributed by atoms with Crippen molar-refractivity contribution in [2.75, 3.05) is 5.32 Å². The van der Waals surface area contributed by atoms with E-state index in [4.69, 9.17) is 4.74 Å². The molecule has 0 atom stereocenters. The lowest BCUT2D eigenvalue weighted by atomic mass is 10.0. The molecule has 0 radical (unpaired) electrons. The van der Waals surface area contributed by atoms with Crippen LogP contribution in [0.4, 0.5) is 5.69 Å². The highest BCUT2D eigenvalue weighted by Crippen LogP contribution is 2.29. The average molecular weight is 339 g/mol. The molecule has 4 rings (SSSR count). The zero-order chi connectivity index (χ0) is 17.6. The number of hydrogen-bond acceptors (Lipinski definition) is 2. The summed E-state index contributed by atoms with van der Waals surface area (Å²) in [6, 6.07) is 33.2. The quantitative estimate of drug-likeness (QED) is 0.463. The monoisotopic (exact) mass is 339 g/mol. The minimum absolute atomic E-state index is 0.567. The fourth-order valence-electron chi connectivity index (χ4n) is 3.12. The highest BCUT2D eigenvalue weighted by Gasteiger charge is 2.09. The van der Waals surface area contributed by atoms with Crippen LogP contribution >= 0.6 is 0 Å². The van der Waals surface area contributed by atoms with Crippen LogP contribution in [0.2, 0.25) is 0 Å². The summed E-state index contributed by atoms with van der Waals surface area (Å²) in [6.45, 7) is 1.28. The first kappa shape index (κ1) is 16.2. The van der Waals surface area contributed by atoms with E-state index in [1.807, 2.05) is 36.4 Å². The molecule has 0 bridgehead atoms. The molecule has 0 aliphatic heterocycles. The van der Waals surface area contributed by atoms with E-state index in [2.05, 4.69) is 66.0 Å². The minimum Gasteiger partial charge on any atom is -0.489 e. The maximum Gasteiger partial charge on any atom is 0.125 e. The molecule has 128 valence electrons. The van der Waals surface area contributed by atoms with Crippen molar-refractivity contribution in [1.29, 1.82) is 0 Å². The molecule has 0 aliphatic carbocycles. The molecule has 0 spiro atoms. The molecule has 4 aromatic carbocycles. The fraction of sp³-hybridized carbons (Fsp3) is 0.0833. The van der Waals surface area contributed by atoms with Crippen LogP contribution in [-0.2, 0) is 13.2 Å². The molecule has 0 aliphatic rings. The molecule has 0 heterocycles. The first-order chi connectivity index (χ1) is 12.9. The number of anilines is 1. The molecule has 0 saturated carbocycles. The molecule has 2 heteroatoms. The van der Waals surface area contributed by atoms with Crippen LogP contribution in [0.1, 0.15) is 11.1 Å². The van der Waals surface area contributed by atoms with Gasteiger partial charge in [-0.05, 0) is 34.5 Å². The van der Waals surface area contributed by atoms with Gasteiger partial charge in [0.25, 0.3) is 0 Å². The molecular formula is C24H21NO. The number of rotatable bonds is 6. The van der Waals surface area contributed by atoms with Gasteiger partial charge in [-0.2, -0.15) is 0 Å². The topological polar surface area (TPSA) is 21.3 Å². The van der Waals surface area contributed by atoms with Crippen molar-refractivity contribution < 1.29 is 4.74 Å². The second-order valence-electron chi connectivity index (χ2n) is 6.26. The predicted octanol–water partition coefficient (Wildman–Crippen LogP) is 6.03. The molecule has 2 nitrogen and oxygen atoms in total. The van der Waals surface area contributed by atoms with E-state index in [0.717, 1.165) is 18.0 Å². The van der Waals surface area contributed by atoms with E-state index in [9.17, 15) is 0 Å². The van der Waals surface area contributed by atoms with Crippen molar-refractivity contribution in [3.05, 3.63) is 108 Å². The van der Waals surface area contributed by atoms with Crippen molar-refractivity contribution in [3.8, 4) is 5.75 Å². The van der Waals surface area contributed by atoms with Crippen LogP contribution in [-0.4, -0.2) is 0 Å². The number of ether oxygens (including phenoxy) is 1. The largest absolute Gasteiger partial charge is 0.489 e. The summed E-state index contributed by atoms with van der Waals surface area (Å²) in [5, 5.41) is 5.96. The lowest BCUT2D eigenvalue weighted by Gasteiger charge is -2.16. The third kappa shape index (κ3) is 3.70. The van der Waals surface area contributed by atoms with E-state index >= 15 is 0 Å². The average Bonchev–Trinajstić information content (AvgIpc) is 2.72. The van der Waals surface area contributed by atoms with Crippen LogP contribution < -0.4 is 10.1 Å². The van der Waals surface area contributed by atoms with Gasteiger partial charge in [-0.15, -0.1) is 0 Å². The fourth-order valence-corrected chi connectivity index (χ4v) is 3.12. The third-order valence-corrected chi connectivity index (χ3v) is 4.48. The first-order valence-electron chi connectivity index (χ1n) is 8.86. The highest BCUT2D eigenvalue weighted by molar-refractivity contribution is 5.88. The second kappa shape index (κ2) is 7.75. The van der Waals surface area contributed by atoms with Crippen molar-refractivity contribution >= 4 is 16.5 Å². The Morgan fingerprint density at radius 3 is 2.15 bits per heavy atom. The lowest BCUT2D eigenvalue weighted by Crippen LogP contribution is -2.04. The lowest BCUT2D eigenvalue weighted by molar-refractivity contribution is 0.304. The molecule has 0 fully saturated rings. The molecular weight excluding hydrogens is 318 g/mol. The van der Waals surface area contributed by atoms with Crippen LogP contribution in [0.3, 0.4) is 0 Å². The Hall–Kier alpha value is -3.26. The SMILES string of the molecule is c1ccc(COc2ccc3ccccc3c2CNc2ccccc2)cc1. The standard InChI is InChI=1S/C24H21NO/c1-3-9-19(10-4-1)18-26-24-16-15-20-11-7-8-14-22(20)23(24)17-25-21-12-5-2-6-13-21/h1-16,25H,17-18H2. The van der Waals surface area contributed by atoms with Crippen molar-refractivity contribution in [2.24, 2.45) is 0 Å². The van der Waals surface area contributed by atoms with Gasteiger partial charge < -0.3 is 10.1 Å². The molecule has 0 saturated heterocycles. The number of fused-ring (bicyclic) bond motifs is 1. The second-order valence-corrected chi connectivity index (χ2v) is 6.26. The summed E-state index contributed by atoms with van der Waals surface area (Å²) < 4.78 is 6.18. The van der Waals surface area contributed by atoms with E-state index < -0.39 is 0 Å². The normalized spacial score (nSPS) is 10.6. The Kier molecular flexibility index (Phi) is 4.83. The maximum atomic E-state index is 6.18. The van der Waals surface area contributed by atoms with Crippen LogP contribution in [0, 0.1) is 0 Å². The molecule has 4 aromatic rings.